The minimum Gasteiger partial charge on any atom is -0.497 e. The summed E-state index contributed by atoms with van der Waals surface area (Å²) in [6.45, 7) is 6.55. The third kappa shape index (κ3) is 5.92. The lowest BCUT2D eigenvalue weighted by atomic mass is 10.0. The first-order chi connectivity index (χ1) is 16.0. The molecular weight excluding hydrogens is 418 g/mol. The summed E-state index contributed by atoms with van der Waals surface area (Å²) in [5.41, 5.74) is 3.40. The molecule has 176 valence electrons. The molecule has 2 aliphatic heterocycles. The maximum Gasteiger partial charge on any atom is 0.225 e. The van der Waals surface area contributed by atoms with Crippen molar-refractivity contribution in [3.63, 3.8) is 0 Å². The predicted molar refractivity (Wildman–Crippen MR) is 126 cm³/mol. The second-order valence-electron chi connectivity index (χ2n) is 8.84. The van der Waals surface area contributed by atoms with Crippen molar-refractivity contribution in [3.8, 4) is 5.75 Å². The SMILES string of the molecule is COc1ccc([C@H](CNC(=O)[C@H]2CC(=O)N(Cc3ccc(C)cc3)C2)N2CCOCC2)cc1. The minimum absolute atomic E-state index is 0.0376. The number of amides is 2. The number of nitrogens with one attached hydrogen (secondary N) is 1. The van der Waals surface area contributed by atoms with Crippen molar-refractivity contribution in [2.75, 3.05) is 46.5 Å². The molecule has 2 amide bonds. The van der Waals surface area contributed by atoms with Crippen LogP contribution in [0.3, 0.4) is 0 Å². The number of nitrogens with zero attached hydrogens (tertiary/aromatic N) is 2. The molecule has 2 aromatic rings. The van der Waals surface area contributed by atoms with Gasteiger partial charge in [-0.05, 0) is 30.2 Å². The molecule has 7 heteroatoms. The van der Waals surface area contributed by atoms with Crippen LogP contribution in [-0.4, -0.2) is 68.1 Å². The van der Waals surface area contributed by atoms with E-state index in [-0.39, 0.29) is 30.2 Å². The van der Waals surface area contributed by atoms with Crippen LogP contribution in [0.4, 0.5) is 0 Å². The van der Waals surface area contributed by atoms with Crippen molar-refractivity contribution in [1.29, 1.82) is 0 Å². The van der Waals surface area contributed by atoms with Crippen molar-refractivity contribution in [1.82, 2.24) is 15.1 Å². The number of hydrogen-bond donors (Lipinski definition) is 1. The largest absolute Gasteiger partial charge is 0.497 e. The second-order valence-corrected chi connectivity index (χ2v) is 8.84. The van der Waals surface area contributed by atoms with E-state index in [1.54, 1.807) is 12.0 Å². The van der Waals surface area contributed by atoms with Gasteiger partial charge in [0.25, 0.3) is 0 Å². The number of methoxy groups -OCH3 is 1. The molecule has 0 bridgehead atoms. The molecule has 1 N–H and O–H groups in total. The number of hydrogen-bond acceptors (Lipinski definition) is 5. The molecule has 7 nitrogen and oxygen atoms in total. The van der Waals surface area contributed by atoms with E-state index in [4.69, 9.17) is 9.47 Å². The normalized spacial score (nSPS) is 20.0. The highest BCUT2D eigenvalue weighted by molar-refractivity contribution is 5.89. The zero-order valence-electron chi connectivity index (χ0n) is 19.5. The highest BCUT2D eigenvalue weighted by Gasteiger charge is 2.34. The lowest BCUT2D eigenvalue weighted by Crippen LogP contribution is -2.45. The number of ether oxygens (including phenoxy) is 2. The van der Waals surface area contributed by atoms with Gasteiger partial charge in [0.05, 0.1) is 32.3 Å². The van der Waals surface area contributed by atoms with Crippen LogP contribution in [0.25, 0.3) is 0 Å². The second kappa shape index (κ2) is 10.8. The predicted octanol–water partition coefficient (Wildman–Crippen LogP) is 2.54. The number of likely N-dealkylation sites (tertiary alicyclic amines) is 1. The fourth-order valence-corrected chi connectivity index (χ4v) is 4.53. The summed E-state index contributed by atoms with van der Waals surface area (Å²) in [7, 11) is 1.65. The molecule has 2 aliphatic rings. The number of carbonyl (C=O) groups excluding carboxylic acids is 2. The van der Waals surface area contributed by atoms with E-state index in [0.717, 1.165) is 30.0 Å². The highest BCUT2D eigenvalue weighted by Crippen LogP contribution is 2.25. The first-order valence-corrected chi connectivity index (χ1v) is 11.6. The van der Waals surface area contributed by atoms with Crippen LogP contribution in [0.2, 0.25) is 0 Å². The Hall–Kier alpha value is -2.90. The minimum atomic E-state index is -0.316. The van der Waals surface area contributed by atoms with Crippen LogP contribution in [0.15, 0.2) is 48.5 Å². The van der Waals surface area contributed by atoms with Crippen LogP contribution < -0.4 is 10.1 Å². The molecular formula is C26H33N3O4. The quantitative estimate of drug-likeness (QED) is 0.668. The summed E-state index contributed by atoms with van der Waals surface area (Å²) < 4.78 is 10.8. The van der Waals surface area contributed by atoms with Crippen molar-refractivity contribution in [2.45, 2.75) is 25.9 Å². The molecule has 0 aromatic heterocycles. The van der Waals surface area contributed by atoms with Gasteiger partial charge in [-0.25, -0.2) is 0 Å². The fraction of sp³-hybridized carbons (Fsp3) is 0.462. The molecule has 2 saturated heterocycles. The van der Waals surface area contributed by atoms with Gasteiger partial charge >= 0.3 is 0 Å². The van der Waals surface area contributed by atoms with Gasteiger partial charge in [0.1, 0.15) is 5.75 Å². The molecule has 33 heavy (non-hydrogen) atoms. The van der Waals surface area contributed by atoms with Gasteiger partial charge in [-0.2, -0.15) is 0 Å². The van der Waals surface area contributed by atoms with Gasteiger partial charge in [0.2, 0.25) is 11.8 Å². The summed E-state index contributed by atoms with van der Waals surface area (Å²) in [5.74, 6) is 0.475. The maximum absolute atomic E-state index is 13.0. The third-order valence-electron chi connectivity index (χ3n) is 6.54. The Kier molecular flexibility index (Phi) is 7.62. The van der Waals surface area contributed by atoms with E-state index in [2.05, 4.69) is 10.2 Å². The molecule has 2 fully saturated rings. The third-order valence-corrected chi connectivity index (χ3v) is 6.54. The Morgan fingerprint density at radius 2 is 1.82 bits per heavy atom. The summed E-state index contributed by atoms with van der Waals surface area (Å²) in [5, 5.41) is 3.13. The molecule has 4 rings (SSSR count). The van der Waals surface area contributed by atoms with Crippen LogP contribution in [0.1, 0.15) is 29.2 Å². The molecule has 0 unspecified atom stereocenters. The van der Waals surface area contributed by atoms with E-state index in [9.17, 15) is 9.59 Å². The van der Waals surface area contributed by atoms with E-state index >= 15 is 0 Å². The number of rotatable bonds is 8. The van der Waals surface area contributed by atoms with Crippen LogP contribution in [0.5, 0.6) is 5.75 Å². The number of carbonyl (C=O) groups is 2. The van der Waals surface area contributed by atoms with Crippen LogP contribution in [0, 0.1) is 12.8 Å². The van der Waals surface area contributed by atoms with Gasteiger partial charge in [0, 0.05) is 39.1 Å². The van der Waals surface area contributed by atoms with Crippen LogP contribution in [-0.2, 0) is 20.9 Å². The summed E-state index contributed by atoms with van der Waals surface area (Å²) in [4.78, 5) is 29.7. The van der Waals surface area contributed by atoms with Crippen molar-refractivity contribution in [3.05, 3.63) is 65.2 Å². The molecule has 0 spiro atoms. The standard InChI is InChI=1S/C26H33N3O4/c1-19-3-5-20(6-4-19)17-29-18-22(15-25(29)30)26(31)27-16-24(28-11-13-33-14-12-28)21-7-9-23(32-2)10-8-21/h3-10,22,24H,11-18H2,1-2H3,(H,27,31)/t22-,24-/m0/s1. The smallest absolute Gasteiger partial charge is 0.225 e. The Morgan fingerprint density at radius 1 is 1.12 bits per heavy atom. The summed E-state index contributed by atoms with van der Waals surface area (Å²) in [6, 6.07) is 16.2. The Labute approximate surface area is 195 Å². The van der Waals surface area contributed by atoms with Gasteiger partial charge in [-0.3, -0.25) is 14.5 Å². The number of morpholine rings is 1. The van der Waals surface area contributed by atoms with Gasteiger partial charge in [0.15, 0.2) is 0 Å². The zero-order valence-corrected chi connectivity index (χ0v) is 19.5. The number of aryl methyl sites for hydroxylation is 1. The topological polar surface area (TPSA) is 71.1 Å². The first-order valence-electron chi connectivity index (χ1n) is 11.6. The number of benzene rings is 2. The molecule has 0 saturated carbocycles. The lowest BCUT2D eigenvalue weighted by Gasteiger charge is -2.35. The van der Waals surface area contributed by atoms with Gasteiger partial charge in [-0.15, -0.1) is 0 Å². The van der Waals surface area contributed by atoms with E-state index < -0.39 is 0 Å². The van der Waals surface area contributed by atoms with E-state index in [1.807, 2.05) is 55.5 Å². The molecule has 0 aliphatic carbocycles. The average Bonchev–Trinajstić information content (AvgIpc) is 3.22. The molecule has 2 atom stereocenters. The summed E-state index contributed by atoms with van der Waals surface area (Å²) in [6.07, 6.45) is 0.266. The van der Waals surface area contributed by atoms with E-state index in [0.29, 0.717) is 32.8 Å². The van der Waals surface area contributed by atoms with Gasteiger partial charge < -0.3 is 19.7 Å². The van der Waals surface area contributed by atoms with Crippen LogP contribution >= 0.6 is 0 Å². The highest BCUT2D eigenvalue weighted by atomic mass is 16.5. The molecule has 2 aromatic carbocycles. The van der Waals surface area contributed by atoms with E-state index in [1.165, 1.54) is 5.56 Å². The van der Waals surface area contributed by atoms with Crippen molar-refractivity contribution in [2.24, 2.45) is 5.92 Å². The van der Waals surface area contributed by atoms with Gasteiger partial charge in [-0.1, -0.05) is 42.0 Å². The average molecular weight is 452 g/mol. The molecule has 0 radical (unpaired) electrons. The zero-order chi connectivity index (χ0) is 23.2. The fourth-order valence-electron chi connectivity index (χ4n) is 4.53. The lowest BCUT2D eigenvalue weighted by molar-refractivity contribution is -0.129. The Balaban J connectivity index is 1.37. The summed E-state index contributed by atoms with van der Waals surface area (Å²) >= 11 is 0. The Morgan fingerprint density at radius 3 is 2.48 bits per heavy atom. The Bertz CT molecular complexity index is 939. The monoisotopic (exact) mass is 451 g/mol. The van der Waals surface area contributed by atoms with Crippen molar-refractivity contribution >= 4 is 11.8 Å². The first kappa shape index (κ1) is 23.3. The van der Waals surface area contributed by atoms with Crippen molar-refractivity contribution < 1.29 is 19.1 Å². The maximum atomic E-state index is 13.0. The molecule has 2 heterocycles.